The molecule has 0 saturated heterocycles. The maximum atomic E-state index is 11.7. The molecule has 1 nitrogen and oxygen atoms in total. The van der Waals surface area contributed by atoms with Gasteiger partial charge in [-0.1, -0.05) is 75.4 Å². The van der Waals surface area contributed by atoms with Crippen molar-refractivity contribution in [3.05, 3.63) is 48.0 Å². The van der Waals surface area contributed by atoms with E-state index in [2.05, 4.69) is 6.92 Å². The molecule has 0 aliphatic heterocycles. The van der Waals surface area contributed by atoms with E-state index in [-0.39, 0.29) is 5.78 Å². The van der Waals surface area contributed by atoms with Gasteiger partial charge in [0.2, 0.25) is 0 Å². The van der Waals surface area contributed by atoms with E-state index >= 15 is 0 Å². The Balaban J connectivity index is 2.12. The van der Waals surface area contributed by atoms with Crippen molar-refractivity contribution in [1.82, 2.24) is 0 Å². The first-order valence-electron chi connectivity index (χ1n) is 7.10. The molecule has 0 aliphatic rings. The summed E-state index contributed by atoms with van der Waals surface area (Å²) < 4.78 is 0. The summed E-state index contributed by atoms with van der Waals surface area (Å²) in [4.78, 5) is 11.7. The molecule has 0 fully saturated rings. The molecular formula is C17H24O. The van der Waals surface area contributed by atoms with Crippen molar-refractivity contribution >= 4 is 5.78 Å². The van der Waals surface area contributed by atoms with Crippen molar-refractivity contribution in [2.45, 2.75) is 51.9 Å². The minimum absolute atomic E-state index is 0.113. The molecule has 0 saturated carbocycles. The Hall–Kier alpha value is -1.37. The third kappa shape index (κ3) is 6.39. The highest BCUT2D eigenvalue weighted by atomic mass is 16.1. The number of carbonyl (C=O) groups is 1. The van der Waals surface area contributed by atoms with Crippen LogP contribution in [0.25, 0.3) is 0 Å². The lowest BCUT2D eigenvalue weighted by atomic mass is 10.1. The predicted molar refractivity (Wildman–Crippen MR) is 77.9 cm³/mol. The van der Waals surface area contributed by atoms with Crippen LogP contribution in [0.2, 0.25) is 0 Å². The van der Waals surface area contributed by atoms with E-state index in [0.717, 1.165) is 12.0 Å². The minimum Gasteiger partial charge on any atom is -0.289 e. The number of ketones is 1. The third-order valence-electron chi connectivity index (χ3n) is 3.05. The Morgan fingerprint density at radius 1 is 1.00 bits per heavy atom. The molecular weight excluding hydrogens is 220 g/mol. The second-order valence-corrected chi connectivity index (χ2v) is 4.69. The first kappa shape index (κ1) is 14.7. The van der Waals surface area contributed by atoms with E-state index < -0.39 is 0 Å². The van der Waals surface area contributed by atoms with E-state index in [4.69, 9.17) is 0 Å². The lowest BCUT2D eigenvalue weighted by Gasteiger charge is -1.98. The lowest BCUT2D eigenvalue weighted by Crippen LogP contribution is -1.92. The van der Waals surface area contributed by atoms with E-state index in [0.29, 0.717) is 0 Å². The van der Waals surface area contributed by atoms with Crippen LogP contribution in [-0.2, 0) is 0 Å². The Labute approximate surface area is 111 Å². The number of carbonyl (C=O) groups excluding carboxylic acids is 1. The molecule has 0 heterocycles. The zero-order valence-electron chi connectivity index (χ0n) is 11.4. The van der Waals surface area contributed by atoms with Crippen LogP contribution in [0, 0.1) is 0 Å². The van der Waals surface area contributed by atoms with Crippen molar-refractivity contribution < 1.29 is 4.79 Å². The summed E-state index contributed by atoms with van der Waals surface area (Å²) in [5.41, 5.74) is 0.775. The second kappa shape index (κ2) is 9.64. The average Bonchev–Trinajstić information content (AvgIpc) is 2.42. The zero-order valence-corrected chi connectivity index (χ0v) is 11.4. The van der Waals surface area contributed by atoms with Crippen molar-refractivity contribution in [3.8, 4) is 0 Å². The molecule has 0 unspecified atom stereocenters. The maximum absolute atomic E-state index is 11.7. The molecule has 0 bridgehead atoms. The highest BCUT2D eigenvalue weighted by Crippen LogP contribution is 2.08. The predicted octanol–water partition coefficient (Wildman–Crippen LogP) is 5.18. The lowest BCUT2D eigenvalue weighted by molar-refractivity contribution is 0.104. The van der Waals surface area contributed by atoms with Crippen molar-refractivity contribution in [1.29, 1.82) is 0 Å². The summed E-state index contributed by atoms with van der Waals surface area (Å²) in [5.74, 6) is 0.113. The SMILES string of the molecule is CCCCCCCC/C=C/C(=O)c1ccccc1. The molecule has 1 aromatic rings. The van der Waals surface area contributed by atoms with Crippen LogP contribution in [0.5, 0.6) is 0 Å². The van der Waals surface area contributed by atoms with Gasteiger partial charge in [0.15, 0.2) is 5.78 Å². The van der Waals surface area contributed by atoms with Gasteiger partial charge in [0.1, 0.15) is 0 Å². The highest BCUT2D eigenvalue weighted by molar-refractivity contribution is 6.04. The van der Waals surface area contributed by atoms with Gasteiger partial charge in [-0.3, -0.25) is 4.79 Å². The van der Waals surface area contributed by atoms with Crippen LogP contribution >= 0.6 is 0 Å². The van der Waals surface area contributed by atoms with Crippen molar-refractivity contribution in [2.24, 2.45) is 0 Å². The molecule has 1 heteroatoms. The minimum atomic E-state index is 0.113. The van der Waals surface area contributed by atoms with Gasteiger partial charge in [0, 0.05) is 5.56 Å². The van der Waals surface area contributed by atoms with E-state index in [9.17, 15) is 4.79 Å². The fourth-order valence-electron chi connectivity index (χ4n) is 1.93. The number of allylic oxidation sites excluding steroid dienone is 2. The fraction of sp³-hybridized carbons (Fsp3) is 0.471. The molecule has 0 aromatic heterocycles. The molecule has 1 rings (SSSR count). The molecule has 0 radical (unpaired) electrons. The number of unbranched alkanes of at least 4 members (excludes halogenated alkanes) is 6. The summed E-state index contributed by atoms with van der Waals surface area (Å²) in [6, 6.07) is 9.44. The molecule has 98 valence electrons. The summed E-state index contributed by atoms with van der Waals surface area (Å²) in [6.45, 7) is 2.23. The van der Waals surface area contributed by atoms with Gasteiger partial charge in [-0.2, -0.15) is 0 Å². The molecule has 0 aliphatic carbocycles. The number of hydrogen-bond donors (Lipinski definition) is 0. The van der Waals surface area contributed by atoms with Crippen LogP contribution in [0.1, 0.15) is 62.2 Å². The average molecular weight is 244 g/mol. The first-order chi connectivity index (χ1) is 8.84. The molecule has 0 atom stereocenters. The van der Waals surface area contributed by atoms with Gasteiger partial charge >= 0.3 is 0 Å². The molecule has 0 N–H and O–H groups in total. The third-order valence-corrected chi connectivity index (χ3v) is 3.05. The van der Waals surface area contributed by atoms with E-state index in [1.165, 1.54) is 38.5 Å². The topological polar surface area (TPSA) is 17.1 Å². The number of hydrogen-bond acceptors (Lipinski definition) is 1. The van der Waals surface area contributed by atoms with Crippen molar-refractivity contribution in [3.63, 3.8) is 0 Å². The summed E-state index contributed by atoms with van der Waals surface area (Å²) in [7, 11) is 0. The second-order valence-electron chi connectivity index (χ2n) is 4.69. The Kier molecular flexibility index (Phi) is 7.87. The largest absolute Gasteiger partial charge is 0.289 e. The van der Waals surface area contributed by atoms with Gasteiger partial charge in [-0.15, -0.1) is 0 Å². The first-order valence-corrected chi connectivity index (χ1v) is 7.10. The van der Waals surface area contributed by atoms with Crippen molar-refractivity contribution in [2.75, 3.05) is 0 Å². The Morgan fingerprint density at radius 3 is 2.39 bits per heavy atom. The number of benzene rings is 1. The van der Waals surface area contributed by atoms with Crippen LogP contribution in [0.15, 0.2) is 42.5 Å². The molecule has 0 amide bonds. The highest BCUT2D eigenvalue weighted by Gasteiger charge is 1.98. The van der Waals surface area contributed by atoms with Crippen LogP contribution < -0.4 is 0 Å². The van der Waals surface area contributed by atoms with Gasteiger partial charge in [0.05, 0.1) is 0 Å². The monoisotopic (exact) mass is 244 g/mol. The summed E-state index contributed by atoms with van der Waals surface area (Å²) in [6.07, 6.45) is 12.5. The van der Waals surface area contributed by atoms with E-state index in [1.807, 2.05) is 36.4 Å². The van der Waals surface area contributed by atoms with Gasteiger partial charge in [-0.25, -0.2) is 0 Å². The number of rotatable bonds is 9. The van der Waals surface area contributed by atoms with Gasteiger partial charge in [-0.05, 0) is 18.9 Å². The smallest absolute Gasteiger partial charge is 0.185 e. The summed E-state index contributed by atoms with van der Waals surface area (Å²) in [5, 5.41) is 0. The van der Waals surface area contributed by atoms with Crippen LogP contribution in [0.4, 0.5) is 0 Å². The fourth-order valence-corrected chi connectivity index (χ4v) is 1.93. The van der Waals surface area contributed by atoms with Gasteiger partial charge in [0.25, 0.3) is 0 Å². The summed E-state index contributed by atoms with van der Waals surface area (Å²) >= 11 is 0. The van der Waals surface area contributed by atoms with Crippen LogP contribution in [0.3, 0.4) is 0 Å². The van der Waals surface area contributed by atoms with Crippen LogP contribution in [-0.4, -0.2) is 5.78 Å². The molecule has 0 spiro atoms. The Morgan fingerprint density at radius 2 is 1.67 bits per heavy atom. The van der Waals surface area contributed by atoms with E-state index in [1.54, 1.807) is 6.08 Å². The quantitative estimate of drug-likeness (QED) is 0.332. The standard InChI is InChI=1S/C17H24O/c1-2-3-4-5-6-7-8-12-15-17(18)16-13-10-9-11-14-16/h9-15H,2-8H2,1H3/b15-12+. The normalized spacial score (nSPS) is 10.9. The van der Waals surface area contributed by atoms with Gasteiger partial charge < -0.3 is 0 Å². The zero-order chi connectivity index (χ0) is 13.1. The maximum Gasteiger partial charge on any atom is 0.185 e. The molecule has 18 heavy (non-hydrogen) atoms. The Bertz CT molecular complexity index is 351. The molecule has 1 aromatic carbocycles.